The van der Waals surface area contributed by atoms with Crippen molar-refractivity contribution in [2.75, 3.05) is 11.5 Å². The minimum Gasteiger partial charge on any atom is -0.348 e. The zero-order valence-electron chi connectivity index (χ0n) is 17.8. The number of hydrogen-bond acceptors (Lipinski definition) is 7. The SMILES string of the molecule is N#CC(=Cc1cn(-c2ccccc2)nc1-c1cccc([N+](=O)[O-])c1)C(=O)NC1CCS(=O)(=O)C1. The summed E-state index contributed by atoms with van der Waals surface area (Å²) in [5.74, 6) is -0.867. The van der Waals surface area contributed by atoms with Crippen LogP contribution >= 0.6 is 0 Å². The third-order valence-electron chi connectivity index (χ3n) is 5.33. The van der Waals surface area contributed by atoms with Crippen molar-refractivity contribution in [3.8, 4) is 23.0 Å². The third kappa shape index (κ3) is 5.02. The van der Waals surface area contributed by atoms with Gasteiger partial charge in [-0.25, -0.2) is 13.1 Å². The van der Waals surface area contributed by atoms with E-state index in [0.717, 1.165) is 0 Å². The van der Waals surface area contributed by atoms with Crippen LogP contribution in [0.5, 0.6) is 0 Å². The number of amides is 1. The second-order valence-electron chi connectivity index (χ2n) is 7.76. The van der Waals surface area contributed by atoms with Gasteiger partial charge < -0.3 is 5.32 Å². The van der Waals surface area contributed by atoms with Crippen LogP contribution in [0.3, 0.4) is 0 Å². The zero-order valence-corrected chi connectivity index (χ0v) is 18.6. The van der Waals surface area contributed by atoms with Crippen molar-refractivity contribution in [1.29, 1.82) is 5.26 Å². The van der Waals surface area contributed by atoms with Crippen LogP contribution in [0.1, 0.15) is 12.0 Å². The molecule has 0 bridgehead atoms. The molecule has 0 radical (unpaired) electrons. The van der Waals surface area contributed by atoms with Crippen molar-refractivity contribution in [2.24, 2.45) is 0 Å². The van der Waals surface area contributed by atoms with E-state index in [1.54, 1.807) is 16.9 Å². The molecule has 1 aliphatic rings. The lowest BCUT2D eigenvalue weighted by atomic mass is 10.0. The first-order valence-electron chi connectivity index (χ1n) is 10.3. The van der Waals surface area contributed by atoms with E-state index in [1.807, 2.05) is 36.4 Å². The lowest BCUT2D eigenvalue weighted by molar-refractivity contribution is -0.384. The molecule has 3 aromatic rings. The van der Waals surface area contributed by atoms with Gasteiger partial charge in [-0.15, -0.1) is 0 Å². The quantitative estimate of drug-likeness (QED) is 0.248. The molecule has 10 nitrogen and oxygen atoms in total. The average Bonchev–Trinajstić information content (AvgIpc) is 3.40. The molecule has 1 aromatic heterocycles. The third-order valence-corrected chi connectivity index (χ3v) is 7.09. The number of nitrogens with one attached hydrogen (secondary N) is 1. The smallest absolute Gasteiger partial charge is 0.270 e. The Labute approximate surface area is 195 Å². The molecule has 1 saturated heterocycles. The van der Waals surface area contributed by atoms with Gasteiger partial charge in [-0.2, -0.15) is 10.4 Å². The summed E-state index contributed by atoms with van der Waals surface area (Å²) in [6.07, 6.45) is 3.26. The molecule has 1 unspecified atom stereocenters. The predicted molar refractivity (Wildman–Crippen MR) is 124 cm³/mol. The first kappa shape index (κ1) is 22.9. The Kier molecular flexibility index (Phi) is 6.25. The summed E-state index contributed by atoms with van der Waals surface area (Å²) in [4.78, 5) is 23.4. The van der Waals surface area contributed by atoms with Crippen LogP contribution in [0.4, 0.5) is 5.69 Å². The Balaban J connectivity index is 1.74. The summed E-state index contributed by atoms with van der Waals surface area (Å²) < 4.78 is 24.9. The summed E-state index contributed by atoms with van der Waals surface area (Å²) in [7, 11) is -3.20. The highest BCUT2D eigenvalue weighted by molar-refractivity contribution is 7.91. The number of rotatable bonds is 6. The summed E-state index contributed by atoms with van der Waals surface area (Å²) in [5.41, 5.74) is 1.54. The first-order chi connectivity index (χ1) is 16.3. The van der Waals surface area contributed by atoms with Crippen molar-refractivity contribution >= 4 is 27.5 Å². The maximum atomic E-state index is 12.7. The highest BCUT2D eigenvalue weighted by atomic mass is 32.2. The number of para-hydroxylation sites is 1. The van der Waals surface area contributed by atoms with Gasteiger partial charge in [0.1, 0.15) is 17.3 Å². The first-order valence-corrected chi connectivity index (χ1v) is 12.1. The molecule has 0 saturated carbocycles. The molecule has 1 atom stereocenters. The van der Waals surface area contributed by atoms with E-state index in [1.165, 1.54) is 24.3 Å². The number of non-ortho nitro benzene ring substituents is 1. The molecule has 1 fully saturated rings. The van der Waals surface area contributed by atoms with E-state index < -0.39 is 26.7 Å². The van der Waals surface area contributed by atoms with Crippen LogP contribution in [0.25, 0.3) is 23.0 Å². The van der Waals surface area contributed by atoms with Crippen LogP contribution in [0, 0.1) is 21.4 Å². The van der Waals surface area contributed by atoms with E-state index in [0.29, 0.717) is 22.5 Å². The summed E-state index contributed by atoms with van der Waals surface area (Å²) >= 11 is 0. The van der Waals surface area contributed by atoms with Crippen molar-refractivity contribution in [1.82, 2.24) is 15.1 Å². The van der Waals surface area contributed by atoms with Gasteiger partial charge in [0, 0.05) is 35.5 Å². The molecule has 2 heterocycles. The number of nitro benzene ring substituents is 1. The molecule has 11 heteroatoms. The Morgan fingerprint density at radius 2 is 2.00 bits per heavy atom. The highest BCUT2D eigenvalue weighted by Gasteiger charge is 2.29. The van der Waals surface area contributed by atoms with Crippen LogP contribution in [-0.2, 0) is 14.6 Å². The maximum Gasteiger partial charge on any atom is 0.270 e. The minimum atomic E-state index is -3.20. The lowest BCUT2D eigenvalue weighted by Gasteiger charge is -2.09. The molecular weight excluding hydrogens is 458 g/mol. The van der Waals surface area contributed by atoms with Gasteiger partial charge in [0.05, 0.1) is 22.1 Å². The molecule has 34 heavy (non-hydrogen) atoms. The van der Waals surface area contributed by atoms with Gasteiger partial charge in [-0.05, 0) is 24.6 Å². The number of nitrogens with zero attached hydrogens (tertiary/aromatic N) is 4. The monoisotopic (exact) mass is 477 g/mol. The van der Waals surface area contributed by atoms with Crippen molar-refractivity contribution in [2.45, 2.75) is 12.5 Å². The highest BCUT2D eigenvalue weighted by Crippen LogP contribution is 2.28. The second-order valence-corrected chi connectivity index (χ2v) is 9.99. The molecule has 4 rings (SSSR count). The molecular formula is C23H19N5O5S. The standard InChI is InChI=1S/C23H19N5O5S/c24-13-17(23(29)25-19-9-10-34(32,33)15-19)11-18-14-27(20-6-2-1-3-7-20)26-22(18)16-5-4-8-21(12-16)28(30)31/h1-8,11-12,14,19H,9-10,15H2,(H,25,29). The number of carbonyl (C=O) groups is 1. The number of hydrogen-bond donors (Lipinski definition) is 1. The molecule has 1 N–H and O–H groups in total. The fourth-order valence-electron chi connectivity index (χ4n) is 3.67. The number of nitro groups is 1. The van der Waals surface area contributed by atoms with E-state index in [2.05, 4.69) is 10.4 Å². The fourth-order valence-corrected chi connectivity index (χ4v) is 5.35. The van der Waals surface area contributed by atoms with Crippen LogP contribution < -0.4 is 5.32 Å². The van der Waals surface area contributed by atoms with Gasteiger partial charge in [0.15, 0.2) is 9.84 Å². The van der Waals surface area contributed by atoms with Gasteiger partial charge in [0.25, 0.3) is 11.6 Å². The summed E-state index contributed by atoms with van der Waals surface area (Å²) in [6.45, 7) is 0. The van der Waals surface area contributed by atoms with Crippen molar-refractivity contribution in [3.05, 3.63) is 82.0 Å². The number of sulfone groups is 1. The van der Waals surface area contributed by atoms with E-state index >= 15 is 0 Å². The molecule has 172 valence electrons. The van der Waals surface area contributed by atoms with Crippen LogP contribution in [0.15, 0.2) is 66.4 Å². The number of benzene rings is 2. The fraction of sp³-hybridized carbons (Fsp3) is 0.174. The molecule has 0 spiro atoms. The minimum absolute atomic E-state index is 0.00959. The topological polar surface area (TPSA) is 148 Å². The number of carbonyl (C=O) groups excluding carboxylic acids is 1. The van der Waals surface area contributed by atoms with Crippen LogP contribution in [0.2, 0.25) is 0 Å². The zero-order chi connectivity index (χ0) is 24.3. The van der Waals surface area contributed by atoms with E-state index in [-0.39, 0.29) is 29.2 Å². The van der Waals surface area contributed by atoms with Gasteiger partial charge >= 0.3 is 0 Å². The molecule has 2 aromatic carbocycles. The Hall–Kier alpha value is -4.30. The Bertz CT molecular complexity index is 1440. The summed E-state index contributed by atoms with van der Waals surface area (Å²) in [6, 6.07) is 16.3. The maximum absolute atomic E-state index is 12.7. The second kappa shape index (κ2) is 9.29. The van der Waals surface area contributed by atoms with Gasteiger partial charge in [-0.3, -0.25) is 14.9 Å². The summed E-state index contributed by atoms with van der Waals surface area (Å²) in [5, 5.41) is 28.0. The normalized spacial score (nSPS) is 17.1. The number of aromatic nitrogens is 2. The van der Waals surface area contributed by atoms with Crippen molar-refractivity contribution in [3.63, 3.8) is 0 Å². The largest absolute Gasteiger partial charge is 0.348 e. The number of nitriles is 1. The van der Waals surface area contributed by atoms with Gasteiger partial charge in [0.2, 0.25) is 0 Å². The van der Waals surface area contributed by atoms with E-state index in [4.69, 9.17) is 0 Å². The lowest BCUT2D eigenvalue weighted by Crippen LogP contribution is -2.36. The molecule has 0 aliphatic carbocycles. The van der Waals surface area contributed by atoms with Gasteiger partial charge in [-0.1, -0.05) is 30.3 Å². The van der Waals surface area contributed by atoms with Crippen molar-refractivity contribution < 1.29 is 18.1 Å². The predicted octanol–water partition coefficient (Wildman–Crippen LogP) is 2.66. The Morgan fingerprint density at radius 3 is 2.65 bits per heavy atom. The molecule has 1 aliphatic heterocycles. The molecule has 1 amide bonds. The van der Waals surface area contributed by atoms with E-state index in [9.17, 15) is 28.6 Å². The van der Waals surface area contributed by atoms with Crippen LogP contribution in [-0.4, -0.2) is 46.6 Å². The Morgan fingerprint density at radius 1 is 1.24 bits per heavy atom. The average molecular weight is 478 g/mol.